The highest BCUT2D eigenvalue weighted by Crippen LogP contribution is 2.17. The molecule has 0 aliphatic heterocycles. The van der Waals surface area contributed by atoms with E-state index < -0.39 is 0 Å². The maximum absolute atomic E-state index is 12.5. The molecule has 0 saturated carbocycles. The van der Waals surface area contributed by atoms with Crippen LogP contribution in [0.5, 0.6) is 0 Å². The molecule has 0 fully saturated rings. The fourth-order valence-electron chi connectivity index (χ4n) is 2.26. The van der Waals surface area contributed by atoms with Gasteiger partial charge in [-0.05, 0) is 29.9 Å². The number of amides is 1. The molecule has 1 N–H and O–H groups in total. The van der Waals surface area contributed by atoms with Crippen molar-refractivity contribution in [2.45, 2.75) is 13.1 Å². The summed E-state index contributed by atoms with van der Waals surface area (Å²) in [6, 6.07) is 8.01. The van der Waals surface area contributed by atoms with Crippen molar-refractivity contribution in [1.29, 1.82) is 0 Å². The van der Waals surface area contributed by atoms with Crippen molar-refractivity contribution in [1.82, 2.24) is 10.2 Å². The van der Waals surface area contributed by atoms with Gasteiger partial charge in [-0.25, -0.2) is 4.79 Å². The van der Waals surface area contributed by atoms with E-state index in [1.54, 1.807) is 27.6 Å². The molecule has 1 amide bonds. The molecule has 0 unspecified atom stereocenters. The van der Waals surface area contributed by atoms with Gasteiger partial charge in [0.05, 0.1) is 52.9 Å². The summed E-state index contributed by atoms with van der Waals surface area (Å²) >= 11 is 3.26. The van der Waals surface area contributed by atoms with E-state index in [0.717, 1.165) is 9.75 Å². The summed E-state index contributed by atoms with van der Waals surface area (Å²) in [5, 5.41) is 6.90. The second kappa shape index (κ2) is 14.5. The third kappa shape index (κ3) is 9.63. The molecule has 9 heteroatoms. The first-order valence-corrected chi connectivity index (χ1v) is 10.9. The maximum atomic E-state index is 12.5. The standard InChI is InChI=1S/C19H28N2O5S2/c1-20-16-25-9-8-23-6-7-24-10-11-26-19(22)21(14-17-4-2-12-27-17)15-18-5-3-13-28-18/h2-5,12-13,20H,6-11,14-16H2,1H3. The predicted octanol–water partition coefficient (Wildman–Crippen LogP) is 3.18. The third-order valence-electron chi connectivity index (χ3n) is 3.56. The van der Waals surface area contributed by atoms with Crippen LogP contribution in [-0.2, 0) is 32.0 Å². The number of carbonyl (C=O) groups excluding carboxylic acids is 1. The lowest BCUT2D eigenvalue weighted by Gasteiger charge is -2.21. The normalized spacial score (nSPS) is 10.9. The first-order chi connectivity index (χ1) is 13.8. The van der Waals surface area contributed by atoms with E-state index in [9.17, 15) is 4.79 Å². The van der Waals surface area contributed by atoms with Gasteiger partial charge in [-0.3, -0.25) is 10.2 Å². The quantitative estimate of drug-likeness (QED) is 0.347. The van der Waals surface area contributed by atoms with Crippen molar-refractivity contribution >= 4 is 28.8 Å². The monoisotopic (exact) mass is 428 g/mol. The van der Waals surface area contributed by atoms with E-state index >= 15 is 0 Å². The van der Waals surface area contributed by atoms with Gasteiger partial charge in [0.2, 0.25) is 0 Å². The van der Waals surface area contributed by atoms with Crippen molar-refractivity contribution < 1.29 is 23.7 Å². The number of hydrogen-bond donors (Lipinski definition) is 1. The largest absolute Gasteiger partial charge is 0.447 e. The van der Waals surface area contributed by atoms with Crippen LogP contribution in [0.15, 0.2) is 35.0 Å². The van der Waals surface area contributed by atoms with Crippen molar-refractivity contribution in [2.24, 2.45) is 0 Å². The van der Waals surface area contributed by atoms with Crippen LogP contribution in [0.1, 0.15) is 9.75 Å². The highest BCUT2D eigenvalue weighted by molar-refractivity contribution is 7.10. The molecular formula is C19H28N2O5S2. The summed E-state index contributed by atoms with van der Waals surface area (Å²) in [4.78, 5) is 16.4. The lowest BCUT2D eigenvalue weighted by molar-refractivity contribution is 0.00103. The summed E-state index contributed by atoms with van der Waals surface area (Å²) < 4.78 is 21.4. The molecule has 0 spiro atoms. The van der Waals surface area contributed by atoms with Crippen LogP contribution in [0.4, 0.5) is 4.79 Å². The average Bonchev–Trinajstić information content (AvgIpc) is 3.39. The van der Waals surface area contributed by atoms with E-state index in [1.165, 1.54) is 0 Å². The molecule has 2 rings (SSSR count). The summed E-state index contributed by atoms with van der Waals surface area (Å²) in [6.45, 7) is 4.17. The van der Waals surface area contributed by atoms with Crippen LogP contribution < -0.4 is 5.32 Å². The first kappa shape index (κ1) is 22.8. The van der Waals surface area contributed by atoms with Gasteiger partial charge in [-0.15, -0.1) is 22.7 Å². The van der Waals surface area contributed by atoms with Crippen LogP contribution >= 0.6 is 22.7 Å². The molecule has 0 aromatic carbocycles. The Labute approximate surface area is 174 Å². The van der Waals surface area contributed by atoms with E-state index in [4.69, 9.17) is 18.9 Å². The Morgan fingerprint density at radius 2 is 1.43 bits per heavy atom. The molecule has 2 aromatic heterocycles. The second-order valence-electron chi connectivity index (χ2n) is 5.76. The zero-order valence-electron chi connectivity index (χ0n) is 16.1. The molecule has 0 radical (unpaired) electrons. The van der Waals surface area contributed by atoms with E-state index in [-0.39, 0.29) is 12.7 Å². The Balaban J connectivity index is 1.59. The lowest BCUT2D eigenvalue weighted by Crippen LogP contribution is -2.31. The zero-order valence-corrected chi connectivity index (χ0v) is 17.8. The molecule has 28 heavy (non-hydrogen) atoms. The molecule has 0 bridgehead atoms. The third-order valence-corrected chi connectivity index (χ3v) is 5.28. The van der Waals surface area contributed by atoms with Gasteiger partial charge in [-0.2, -0.15) is 0 Å². The van der Waals surface area contributed by atoms with Crippen LogP contribution in [0.3, 0.4) is 0 Å². The Morgan fingerprint density at radius 1 is 0.893 bits per heavy atom. The molecule has 7 nitrogen and oxygen atoms in total. The fraction of sp³-hybridized carbons (Fsp3) is 0.526. The Morgan fingerprint density at radius 3 is 1.93 bits per heavy atom. The zero-order chi connectivity index (χ0) is 19.9. The van der Waals surface area contributed by atoms with Crippen LogP contribution in [-0.4, -0.2) is 64.4 Å². The number of rotatable bonds is 15. The van der Waals surface area contributed by atoms with Crippen LogP contribution in [0.25, 0.3) is 0 Å². The van der Waals surface area contributed by atoms with E-state index in [2.05, 4.69) is 5.32 Å². The minimum absolute atomic E-state index is 0.218. The molecule has 156 valence electrons. The van der Waals surface area contributed by atoms with Crippen LogP contribution in [0, 0.1) is 0 Å². The Bertz CT molecular complexity index is 586. The number of thiophene rings is 2. The van der Waals surface area contributed by atoms with Gasteiger partial charge < -0.3 is 18.9 Å². The van der Waals surface area contributed by atoms with Crippen molar-refractivity contribution in [3.8, 4) is 0 Å². The molecule has 0 aliphatic carbocycles. The van der Waals surface area contributed by atoms with Gasteiger partial charge >= 0.3 is 6.09 Å². The molecule has 0 saturated heterocycles. The molecule has 2 heterocycles. The Hall–Kier alpha value is -1.49. The summed E-state index contributed by atoms with van der Waals surface area (Å²) in [6.07, 6.45) is -0.330. The second-order valence-corrected chi connectivity index (χ2v) is 7.82. The SMILES string of the molecule is CNCOCCOCCOCCOC(=O)N(Cc1cccs1)Cc1cccs1. The van der Waals surface area contributed by atoms with Gasteiger partial charge in [0.25, 0.3) is 0 Å². The number of ether oxygens (including phenoxy) is 4. The van der Waals surface area contributed by atoms with Crippen molar-refractivity contribution in [3.63, 3.8) is 0 Å². The van der Waals surface area contributed by atoms with E-state index in [0.29, 0.717) is 52.9 Å². The average molecular weight is 429 g/mol. The highest BCUT2D eigenvalue weighted by Gasteiger charge is 2.17. The predicted molar refractivity (Wildman–Crippen MR) is 111 cm³/mol. The molecule has 2 aromatic rings. The number of nitrogens with zero attached hydrogens (tertiary/aromatic N) is 1. The Kier molecular flexibility index (Phi) is 11.8. The van der Waals surface area contributed by atoms with Crippen molar-refractivity contribution in [2.75, 3.05) is 53.4 Å². The number of carbonyl (C=O) groups is 1. The first-order valence-electron chi connectivity index (χ1n) is 9.14. The smallest absolute Gasteiger partial charge is 0.410 e. The van der Waals surface area contributed by atoms with Crippen molar-refractivity contribution in [3.05, 3.63) is 44.8 Å². The maximum Gasteiger partial charge on any atom is 0.410 e. The topological polar surface area (TPSA) is 69.3 Å². The number of nitrogens with one attached hydrogen (secondary N) is 1. The highest BCUT2D eigenvalue weighted by atomic mass is 32.1. The minimum atomic E-state index is -0.330. The summed E-state index contributed by atoms with van der Waals surface area (Å²) in [5.74, 6) is 0. The van der Waals surface area contributed by atoms with Gasteiger partial charge in [0.1, 0.15) is 6.61 Å². The summed E-state index contributed by atoms with van der Waals surface area (Å²) in [7, 11) is 1.82. The van der Waals surface area contributed by atoms with E-state index in [1.807, 2.05) is 42.1 Å². The number of hydrogen-bond acceptors (Lipinski definition) is 8. The minimum Gasteiger partial charge on any atom is -0.447 e. The van der Waals surface area contributed by atoms with Gasteiger partial charge in [0, 0.05) is 9.75 Å². The lowest BCUT2D eigenvalue weighted by atomic mass is 10.4. The molecule has 0 aliphatic rings. The fourth-order valence-corrected chi connectivity index (χ4v) is 3.70. The molecular weight excluding hydrogens is 400 g/mol. The van der Waals surface area contributed by atoms with Gasteiger partial charge in [-0.1, -0.05) is 12.1 Å². The van der Waals surface area contributed by atoms with Gasteiger partial charge in [0.15, 0.2) is 0 Å². The molecule has 0 atom stereocenters. The summed E-state index contributed by atoms with van der Waals surface area (Å²) in [5.41, 5.74) is 0. The van der Waals surface area contributed by atoms with Crippen LogP contribution in [0.2, 0.25) is 0 Å².